The summed E-state index contributed by atoms with van der Waals surface area (Å²) >= 11 is 6.07. The van der Waals surface area contributed by atoms with E-state index in [4.69, 9.17) is 21.1 Å². The van der Waals surface area contributed by atoms with Gasteiger partial charge in [-0.05, 0) is 11.6 Å². The van der Waals surface area contributed by atoms with Gasteiger partial charge in [0.05, 0.1) is 24.9 Å². The number of nitrogens with zero attached hydrogens (tertiary/aromatic N) is 2. The van der Waals surface area contributed by atoms with Crippen molar-refractivity contribution in [2.24, 2.45) is 0 Å². The van der Waals surface area contributed by atoms with Crippen molar-refractivity contribution in [1.82, 2.24) is 20.5 Å². The highest BCUT2D eigenvalue weighted by Gasteiger charge is 2.12. The van der Waals surface area contributed by atoms with Crippen molar-refractivity contribution in [2.75, 3.05) is 19.5 Å². The number of nitrogens with one attached hydrogen (secondary N) is 3. The van der Waals surface area contributed by atoms with Crippen molar-refractivity contribution in [2.45, 2.75) is 6.54 Å². The van der Waals surface area contributed by atoms with Crippen LogP contribution in [0.3, 0.4) is 0 Å². The molecule has 0 aliphatic heterocycles. The summed E-state index contributed by atoms with van der Waals surface area (Å²) in [6.45, 7) is 0.334. The van der Waals surface area contributed by atoms with Crippen LogP contribution in [0.5, 0.6) is 11.5 Å². The van der Waals surface area contributed by atoms with Crippen LogP contribution < -0.4 is 20.1 Å². The average molecular weight is 388 g/mol. The number of H-pyrrole nitrogens is 1. The summed E-state index contributed by atoms with van der Waals surface area (Å²) < 4.78 is 10.4. The molecule has 2 aromatic carbocycles. The number of hydrogen-bond acceptors (Lipinski definition) is 5. The van der Waals surface area contributed by atoms with Crippen LogP contribution in [0.2, 0.25) is 5.02 Å². The first-order valence-corrected chi connectivity index (χ1v) is 8.39. The molecule has 2 amide bonds. The van der Waals surface area contributed by atoms with Gasteiger partial charge >= 0.3 is 6.03 Å². The summed E-state index contributed by atoms with van der Waals surface area (Å²) in [7, 11) is 3.00. The second-order valence-corrected chi connectivity index (χ2v) is 5.94. The minimum Gasteiger partial charge on any atom is -0.495 e. The smallest absolute Gasteiger partial charge is 0.319 e. The van der Waals surface area contributed by atoms with Gasteiger partial charge in [0.15, 0.2) is 5.82 Å². The highest BCUT2D eigenvalue weighted by atomic mass is 35.5. The Hall–Kier alpha value is -3.26. The molecule has 3 aromatic rings. The number of carbonyl (C=O) groups excluding carboxylic acids is 1. The van der Waals surface area contributed by atoms with E-state index in [0.29, 0.717) is 34.6 Å². The van der Waals surface area contributed by atoms with Crippen molar-refractivity contribution in [3.8, 4) is 22.9 Å². The van der Waals surface area contributed by atoms with Crippen LogP contribution >= 0.6 is 11.6 Å². The molecular weight excluding hydrogens is 370 g/mol. The summed E-state index contributed by atoms with van der Waals surface area (Å²) in [6, 6.07) is 10.4. The Balaban J connectivity index is 1.66. The summed E-state index contributed by atoms with van der Waals surface area (Å²) in [5.41, 5.74) is 2.25. The predicted octanol–water partition coefficient (Wildman–Crippen LogP) is 3.46. The molecular formula is C18H18ClN5O3. The Labute approximate surface area is 160 Å². The van der Waals surface area contributed by atoms with Gasteiger partial charge < -0.3 is 20.1 Å². The topological polar surface area (TPSA) is 101 Å². The Kier molecular flexibility index (Phi) is 5.77. The van der Waals surface area contributed by atoms with E-state index < -0.39 is 0 Å². The van der Waals surface area contributed by atoms with Crippen molar-refractivity contribution in [1.29, 1.82) is 0 Å². The number of halogens is 1. The maximum atomic E-state index is 12.3. The first-order chi connectivity index (χ1) is 13.1. The number of carbonyl (C=O) groups is 1. The van der Waals surface area contributed by atoms with Gasteiger partial charge in [0.2, 0.25) is 0 Å². The minimum absolute atomic E-state index is 0.334. The lowest BCUT2D eigenvalue weighted by atomic mass is 10.1. The van der Waals surface area contributed by atoms with Crippen LogP contribution in [0.25, 0.3) is 11.4 Å². The molecule has 0 bridgehead atoms. The van der Waals surface area contributed by atoms with Crippen LogP contribution in [0.4, 0.5) is 10.5 Å². The molecule has 3 N–H and O–H groups in total. The van der Waals surface area contributed by atoms with E-state index >= 15 is 0 Å². The maximum Gasteiger partial charge on any atom is 0.319 e. The molecule has 1 aromatic heterocycles. The number of aromatic nitrogens is 3. The lowest BCUT2D eigenvalue weighted by molar-refractivity contribution is 0.251. The normalized spacial score (nSPS) is 10.3. The molecule has 27 heavy (non-hydrogen) atoms. The van der Waals surface area contributed by atoms with Gasteiger partial charge in [0.25, 0.3) is 0 Å². The zero-order chi connectivity index (χ0) is 19.2. The molecule has 0 atom stereocenters. The second kappa shape index (κ2) is 8.41. The van der Waals surface area contributed by atoms with Crippen LogP contribution in [0.15, 0.2) is 42.7 Å². The molecule has 3 rings (SSSR count). The van der Waals surface area contributed by atoms with Crippen molar-refractivity contribution < 1.29 is 14.3 Å². The van der Waals surface area contributed by atoms with E-state index in [0.717, 1.165) is 11.1 Å². The van der Waals surface area contributed by atoms with Crippen LogP contribution in [-0.4, -0.2) is 35.4 Å². The average Bonchev–Trinajstić information content (AvgIpc) is 3.22. The van der Waals surface area contributed by atoms with Gasteiger partial charge in [-0.1, -0.05) is 29.8 Å². The van der Waals surface area contributed by atoms with Gasteiger partial charge in [-0.25, -0.2) is 9.78 Å². The molecule has 140 valence electrons. The lowest BCUT2D eigenvalue weighted by Gasteiger charge is -2.14. The van der Waals surface area contributed by atoms with E-state index in [1.54, 1.807) is 12.1 Å². The van der Waals surface area contributed by atoms with E-state index in [1.165, 1.54) is 20.5 Å². The fourth-order valence-electron chi connectivity index (χ4n) is 2.48. The molecule has 0 saturated carbocycles. The van der Waals surface area contributed by atoms with E-state index in [9.17, 15) is 4.79 Å². The molecule has 0 unspecified atom stereocenters. The second-order valence-electron chi connectivity index (χ2n) is 5.53. The third kappa shape index (κ3) is 4.48. The summed E-state index contributed by atoms with van der Waals surface area (Å²) in [5, 5.41) is 12.6. The number of methoxy groups -OCH3 is 2. The van der Waals surface area contributed by atoms with Crippen LogP contribution in [-0.2, 0) is 6.54 Å². The fourth-order valence-corrected chi connectivity index (χ4v) is 2.71. The standard InChI is InChI=1S/C18H18ClN5O3/c1-26-15-8-14(16(27-2)7-13(15)19)23-18(25)20-9-11-4-3-5-12(6-11)17-21-10-22-24-17/h3-8,10H,9H2,1-2H3,(H2,20,23,25)(H,21,22,24). The molecule has 1 heterocycles. The van der Waals surface area contributed by atoms with Gasteiger partial charge in [-0.3, -0.25) is 5.10 Å². The number of anilines is 1. The van der Waals surface area contributed by atoms with Gasteiger partial charge in [-0.2, -0.15) is 5.10 Å². The summed E-state index contributed by atoms with van der Waals surface area (Å²) in [5.74, 6) is 1.54. The number of ether oxygens (including phenoxy) is 2. The maximum absolute atomic E-state index is 12.3. The molecule has 0 aliphatic carbocycles. The zero-order valence-corrected chi connectivity index (χ0v) is 15.5. The Bertz CT molecular complexity index is 931. The molecule has 8 nitrogen and oxygen atoms in total. The molecule has 0 spiro atoms. The molecule has 9 heteroatoms. The monoisotopic (exact) mass is 387 g/mol. The number of urea groups is 1. The van der Waals surface area contributed by atoms with E-state index in [2.05, 4.69) is 25.8 Å². The molecule has 0 fully saturated rings. The quantitative estimate of drug-likeness (QED) is 0.601. The van der Waals surface area contributed by atoms with Crippen molar-refractivity contribution >= 4 is 23.3 Å². The van der Waals surface area contributed by atoms with Gasteiger partial charge in [-0.15, -0.1) is 0 Å². The molecule has 0 aliphatic rings. The third-order valence-electron chi connectivity index (χ3n) is 3.79. The number of benzene rings is 2. The van der Waals surface area contributed by atoms with Gasteiger partial charge in [0.1, 0.15) is 17.8 Å². The molecule has 0 radical (unpaired) electrons. The van der Waals surface area contributed by atoms with Crippen molar-refractivity contribution in [3.63, 3.8) is 0 Å². The highest BCUT2D eigenvalue weighted by molar-refractivity contribution is 6.32. The highest BCUT2D eigenvalue weighted by Crippen LogP contribution is 2.35. The number of aromatic amines is 1. The van der Waals surface area contributed by atoms with E-state index in [1.807, 2.05) is 24.3 Å². The summed E-state index contributed by atoms with van der Waals surface area (Å²) in [6.07, 6.45) is 1.45. The predicted molar refractivity (Wildman–Crippen MR) is 102 cm³/mol. The van der Waals surface area contributed by atoms with Gasteiger partial charge in [0, 0.05) is 24.2 Å². The lowest BCUT2D eigenvalue weighted by Crippen LogP contribution is -2.28. The minimum atomic E-state index is -0.386. The number of amides is 2. The number of rotatable bonds is 6. The Morgan fingerprint density at radius 1 is 1.19 bits per heavy atom. The summed E-state index contributed by atoms with van der Waals surface area (Å²) in [4.78, 5) is 16.4. The zero-order valence-electron chi connectivity index (χ0n) is 14.7. The Morgan fingerprint density at radius 3 is 2.70 bits per heavy atom. The number of hydrogen-bond donors (Lipinski definition) is 3. The SMILES string of the molecule is COc1cc(NC(=O)NCc2cccc(-c3ncn[nH]3)c2)c(OC)cc1Cl. The largest absolute Gasteiger partial charge is 0.495 e. The first kappa shape index (κ1) is 18.5. The van der Waals surface area contributed by atoms with Crippen molar-refractivity contribution in [3.05, 3.63) is 53.3 Å². The van der Waals surface area contributed by atoms with E-state index in [-0.39, 0.29) is 6.03 Å². The third-order valence-corrected chi connectivity index (χ3v) is 4.09. The fraction of sp³-hybridized carbons (Fsp3) is 0.167. The first-order valence-electron chi connectivity index (χ1n) is 8.01. The van der Waals surface area contributed by atoms with Crippen LogP contribution in [0.1, 0.15) is 5.56 Å². The van der Waals surface area contributed by atoms with Crippen LogP contribution in [0, 0.1) is 0 Å². The molecule has 0 saturated heterocycles. The Morgan fingerprint density at radius 2 is 2.00 bits per heavy atom.